The molecule has 0 saturated heterocycles. The molecule has 0 aliphatic carbocycles. The summed E-state index contributed by atoms with van der Waals surface area (Å²) in [5.41, 5.74) is 0.00846. The number of halogens is 4. The quantitative estimate of drug-likeness (QED) is 0.424. The molecule has 19 heavy (non-hydrogen) atoms. The zero-order valence-electron chi connectivity index (χ0n) is 9.16. The van der Waals surface area contributed by atoms with Crippen LogP contribution in [0.4, 0.5) is 10.1 Å². The van der Waals surface area contributed by atoms with Gasteiger partial charge in [-0.3, -0.25) is 10.1 Å². The third kappa shape index (κ3) is 2.66. The normalized spacial score (nSPS) is 10.5. The van der Waals surface area contributed by atoms with Crippen LogP contribution in [0.15, 0.2) is 30.3 Å². The Bertz CT molecular complexity index is 676. The fourth-order valence-electron chi connectivity index (χ4n) is 1.60. The van der Waals surface area contributed by atoms with Crippen molar-refractivity contribution in [1.29, 1.82) is 0 Å². The van der Waals surface area contributed by atoms with Crippen molar-refractivity contribution in [1.82, 2.24) is 0 Å². The van der Waals surface area contributed by atoms with Gasteiger partial charge in [-0.2, -0.15) is 4.39 Å². The molecule has 0 saturated carbocycles. The second-order valence-electron chi connectivity index (χ2n) is 3.64. The van der Waals surface area contributed by atoms with Crippen molar-refractivity contribution in [3.05, 3.63) is 61.3 Å². The Balaban J connectivity index is 2.70. The topological polar surface area (TPSA) is 43.1 Å². The average molecular weight is 321 g/mol. The Hall–Kier alpha value is -1.36. The van der Waals surface area contributed by atoms with Crippen molar-refractivity contribution in [2.45, 2.75) is 0 Å². The lowest BCUT2D eigenvalue weighted by Crippen LogP contribution is -1.93. The second kappa shape index (κ2) is 5.33. The lowest BCUT2D eigenvalue weighted by molar-refractivity contribution is -0.387. The standard InChI is InChI=1S/C12H5Cl3FNO2/c13-7-2-3-8(14)12(15)11(7)6-1-4-9(16)10(5-6)17(18)19/h1-5H. The van der Waals surface area contributed by atoms with Crippen LogP contribution >= 0.6 is 34.8 Å². The molecule has 0 bridgehead atoms. The maximum atomic E-state index is 13.3. The largest absolute Gasteiger partial charge is 0.305 e. The van der Waals surface area contributed by atoms with Crippen LogP contribution in [-0.2, 0) is 0 Å². The van der Waals surface area contributed by atoms with Crippen molar-refractivity contribution in [3.63, 3.8) is 0 Å². The molecule has 0 radical (unpaired) electrons. The summed E-state index contributed by atoms with van der Waals surface area (Å²) in [6, 6.07) is 6.43. The molecule has 0 fully saturated rings. The first-order valence-corrected chi connectivity index (χ1v) is 6.13. The van der Waals surface area contributed by atoms with Gasteiger partial charge in [0.15, 0.2) is 0 Å². The molecule has 2 aromatic rings. The Kier molecular flexibility index (Phi) is 3.94. The Labute approximate surface area is 122 Å². The monoisotopic (exact) mass is 319 g/mol. The first-order chi connectivity index (χ1) is 8.91. The van der Waals surface area contributed by atoms with Crippen molar-refractivity contribution in [2.75, 3.05) is 0 Å². The summed E-state index contributed by atoms with van der Waals surface area (Å²) < 4.78 is 13.3. The summed E-state index contributed by atoms with van der Waals surface area (Å²) in [6.45, 7) is 0. The van der Waals surface area contributed by atoms with Crippen molar-refractivity contribution in [2.24, 2.45) is 0 Å². The summed E-state index contributed by atoms with van der Waals surface area (Å²) in [7, 11) is 0. The smallest absolute Gasteiger partial charge is 0.258 e. The zero-order chi connectivity index (χ0) is 14.2. The Morgan fingerprint density at radius 3 is 2.32 bits per heavy atom. The van der Waals surface area contributed by atoms with Gasteiger partial charge in [-0.15, -0.1) is 0 Å². The molecule has 0 unspecified atom stereocenters. The highest BCUT2D eigenvalue weighted by Gasteiger charge is 2.18. The molecule has 2 rings (SSSR count). The first-order valence-electron chi connectivity index (χ1n) is 4.99. The highest BCUT2D eigenvalue weighted by atomic mass is 35.5. The van der Waals surface area contributed by atoms with Gasteiger partial charge in [0.05, 0.1) is 20.0 Å². The van der Waals surface area contributed by atoms with E-state index in [1.54, 1.807) is 0 Å². The third-order valence-corrected chi connectivity index (χ3v) is 3.59. The summed E-state index contributed by atoms with van der Waals surface area (Å²) in [5, 5.41) is 11.4. The molecule has 0 amide bonds. The Morgan fingerprint density at radius 1 is 1.05 bits per heavy atom. The number of rotatable bonds is 2. The van der Waals surface area contributed by atoms with Gasteiger partial charge in [0, 0.05) is 11.6 Å². The zero-order valence-corrected chi connectivity index (χ0v) is 11.4. The van der Waals surface area contributed by atoms with Gasteiger partial charge in [-0.1, -0.05) is 40.9 Å². The molecule has 0 aliphatic heterocycles. The van der Waals surface area contributed by atoms with Crippen LogP contribution in [0.3, 0.4) is 0 Å². The highest BCUT2D eigenvalue weighted by Crippen LogP contribution is 2.40. The molecule has 7 heteroatoms. The van der Waals surface area contributed by atoms with Gasteiger partial charge in [0.25, 0.3) is 0 Å². The third-order valence-electron chi connectivity index (χ3n) is 2.48. The molecule has 0 aromatic heterocycles. The van der Waals surface area contributed by atoms with Crippen LogP contribution in [0, 0.1) is 15.9 Å². The number of hydrogen-bond donors (Lipinski definition) is 0. The Morgan fingerprint density at radius 2 is 1.68 bits per heavy atom. The SMILES string of the molecule is O=[N+]([O-])c1cc(-c2c(Cl)ccc(Cl)c2Cl)ccc1F. The molecular formula is C12H5Cl3FNO2. The van der Waals surface area contributed by atoms with E-state index < -0.39 is 16.4 Å². The molecule has 0 N–H and O–H groups in total. The fourth-order valence-corrected chi connectivity index (χ4v) is 2.35. The fraction of sp³-hybridized carbons (Fsp3) is 0. The molecule has 0 heterocycles. The maximum absolute atomic E-state index is 13.3. The number of nitro groups is 1. The summed E-state index contributed by atoms with van der Waals surface area (Å²) >= 11 is 17.9. The van der Waals surface area contributed by atoms with Crippen molar-refractivity contribution in [3.8, 4) is 11.1 Å². The maximum Gasteiger partial charge on any atom is 0.305 e. The summed E-state index contributed by atoms with van der Waals surface area (Å²) in [6.07, 6.45) is 0. The van der Waals surface area contributed by atoms with Crippen LogP contribution in [0.1, 0.15) is 0 Å². The number of benzene rings is 2. The highest BCUT2D eigenvalue weighted by molar-refractivity contribution is 6.46. The van der Waals surface area contributed by atoms with Gasteiger partial charge < -0.3 is 0 Å². The molecular weight excluding hydrogens is 315 g/mol. The predicted octanol–water partition coefficient (Wildman–Crippen LogP) is 5.36. The molecule has 0 aliphatic rings. The predicted molar refractivity (Wildman–Crippen MR) is 73.5 cm³/mol. The van der Waals surface area contributed by atoms with E-state index in [9.17, 15) is 14.5 Å². The van der Waals surface area contributed by atoms with E-state index in [0.717, 1.165) is 12.1 Å². The van der Waals surface area contributed by atoms with E-state index in [1.165, 1.54) is 18.2 Å². The first kappa shape index (κ1) is 14.1. The van der Waals surface area contributed by atoms with Crippen molar-refractivity contribution < 1.29 is 9.31 Å². The number of nitrogens with zero attached hydrogens (tertiary/aromatic N) is 1. The van der Waals surface area contributed by atoms with Gasteiger partial charge in [0.2, 0.25) is 5.82 Å². The van der Waals surface area contributed by atoms with Gasteiger partial charge >= 0.3 is 5.69 Å². The van der Waals surface area contributed by atoms with Gasteiger partial charge in [-0.05, 0) is 23.8 Å². The summed E-state index contributed by atoms with van der Waals surface area (Å²) in [4.78, 5) is 9.90. The lowest BCUT2D eigenvalue weighted by atomic mass is 10.0. The van der Waals surface area contributed by atoms with Gasteiger partial charge in [0.1, 0.15) is 0 Å². The molecule has 98 valence electrons. The van der Waals surface area contributed by atoms with E-state index in [-0.39, 0.29) is 15.1 Å². The second-order valence-corrected chi connectivity index (χ2v) is 4.83. The molecule has 2 aromatic carbocycles. The van der Waals surface area contributed by atoms with Crippen LogP contribution in [0.2, 0.25) is 15.1 Å². The van der Waals surface area contributed by atoms with E-state index >= 15 is 0 Å². The minimum Gasteiger partial charge on any atom is -0.258 e. The van der Waals surface area contributed by atoms with E-state index in [1.807, 2.05) is 0 Å². The number of nitro benzene ring substituents is 1. The van der Waals surface area contributed by atoms with E-state index in [0.29, 0.717) is 11.1 Å². The number of hydrogen-bond acceptors (Lipinski definition) is 2. The average Bonchev–Trinajstić information content (AvgIpc) is 2.36. The van der Waals surface area contributed by atoms with E-state index in [4.69, 9.17) is 34.8 Å². The van der Waals surface area contributed by atoms with E-state index in [2.05, 4.69) is 0 Å². The van der Waals surface area contributed by atoms with Crippen LogP contribution in [0.25, 0.3) is 11.1 Å². The molecule has 0 spiro atoms. The minimum atomic E-state index is -0.928. The summed E-state index contributed by atoms with van der Waals surface area (Å²) in [5.74, 6) is -0.928. The van der Waals surface area contributed by atoms with Crippen molar-refractivity contribution >= 4 is 40.5 Å². The van der Waals surface area contributed by atoms with Crippen LogP contribution < -0.4 is 0 Å². The van der Waals surface area contributed by atoms with Gasteiger partial charge in [-0.25, -0.2) is 0 Å². The van der Waals surface area contributed by atoms with Crippen LogP contribution in [-0.4, -0.2) is 4.92 Å². The lowest BCUT2D eigenvalue weighted by Gasteiger charge is -2.08. The minimum absolute atomic E-state index is 0.162. The molecule has 3 nitrogen and oxygen atoms in total. The van der Waals surface area contributed by atoms with Crippen LogP contribution in [0.5, 0.6) is 0 Å². The molecule has 0 atom stereocenters.